The second-order valence-electron chi connectivity index (χ2n) is 5.42. The Balaban J connectivity index is 2.12. The molecule has 27 heavy (non-hydrogen) atoms. The molecule has 0 aliphatic rings. The van der Waals surface area contributed by atoms with Gasteiger partial charge >= 0.3 is 5.97 Å². The van der Waals surface area contributed by atoms with Crippen LogP contribution in [0.15, 0.2) is 52.9 Å². The summed E-state index contributed by atoms with van der Waals surface area (Å²) in [7, 11) is 2.95. The molecule has 0 N–H and O–H groups in total. The van der Waals surface area contributed by atoms with E-state index in [4.69, 9.17) is 9.47 Å². The Bertz CT molecular complexity index is 978. The molecule has 7 heteroatoms. The minimum Gasteiger partial charge on any atom is -0.497 e. The zero-order valence-corrected chi connectivity index (χ0v) is 16.4. The van der Waals surface area contributed by atoms with Crippen molar-refractivity contribution >= 4 is 29.1 Å². The zero-order chi connectivity index (χ0) is 19.2. The number of methoxy groups -OCH3 is 2. The minimum atomic E-state index is -0.363. The van der Waals surface area contributed by atoms with E-state index in [1.54, 1.807) is 18.4 Å². The second-order valence-corrected chi connectivity index (χ2v) is 7.33. The van der Waals surface area contributed by atoms with Gasteiger partial charge in [-0.3, -0.25) is 4.79 Å². The Morgan fingerprint density at radius 1 is 1.26 bits per heavy atom. The average molecular weight is 396 g/mol. The number of benzene rings is 1. The highest BCUT2D eigenvalue weighted by Gasteiger charge is 2.17. The molecule has 0 aliphatic carbocycles. The quantitative estimate of drug-likeness (QED) is 0.447. The molecule has 0 radical (unpaired) electrons. The topological polar surface area (TPSA) is 72.2 Å². The van der Waals surface area contributed by atoms with Gasteiger partial charge < -0.3 is 9.47 Å². The number of ether oxygens (including phenoxy) is 2. The number of aromatic nitrogens is 1. The van der Waals surface area contributed by atoms with Gasteiger partial charge in [0, 0.05) is 5.56 Å². The molecule has 1 aromatic carbocycles. The maximum atomic E-state index is 11.6. The molecule has 136 valence electrons. The van der Waals surface area contributed by atoms with Gasteiger partial charge in [0.2, 0.25) is 0 Å². The smallest absolute Gasteiger partial charge is 0.316 e. The van der Waals surface area contributed by atoms with E-state index in [1.807, 2.05) is 47.8 Å². The third kappa shape index (κ3) is 4.30. The van der Waals surface area contributed by atoms with Crippen molar-refractivity contribution in [2.45, 2.75) is 5.03 Å². The van der Waals surface area contributed by atoms with Gasteiger partial charge in [-0.2, -0.15) is 5.26 Å². The van der Waals surface area contributed by atoms with Crippen molar-refractivity contribution < 1.29 is 14.3 Å². The monoisotopic (exact) mass is 396 g/mol. The number of carbonyl (C=O) groups excluding carboxylic acids is 1. The predicted molar refractivity (Wildman–Crippen MR) is 107 cm³/mol. The summed E-state index contributed by atoms with van der Waals surface area (Å²) in [4.78, 5) is 17.2. The first-order chi connectivity index (χ1) is 13.2. The minimum absolute atomic E-state index is 0.0914. The van der Waals surface area contributed by atoms with Crippen molar-refractivity contribution in [1.29, 1.82) is 5.26 Å². The molecule has 3 aromatic rings. The molecule has 0 unspecified atom stereocenters. The number of carbonyl (C=O) groups is 1. The SMILES string of the molecule is COC(=O)CSc1nc(-c2cccs2)cc(-c2ccc(OC)cc2)c1C#N. The number of nitriles is 1. The summed E-state index contributed by atoms with van der Waals surface area (Å²) in [5, 5.41) is 12.3. The lowest BCUT2D eigenvalue weighted by Gasteiger charge is -2.12. The van der Waals surface area contributed by atoms with E-state index in [1.165, 1.54) is 18.9 Å². The molecule has 0 saturated carbocycles. The number of pyridine rings is 1. The van der Waals surface area contributed by atoms with Gasteiger partial charge in [0.15, 0.2) is 0 Å². The summed E-state index contributed by atoms with van der Waals surface area (Å²) in [6.07, 6.45) is 0. The third-order valence-electron chi connectivity index (χ3n) is 3.83. The summed E-state index contributed by atoms with van der Waals surface area (Å²) < 4.78 is 9.92. The number of thioether (sulfide) groups is 1. The Morgan fingerprint density at radius 2 is 2.04 bits per heavy atom. The molecule has 0 atom stereocenters. The number of nitrogens with zero attached hydrogens (tertiary/aromatic N) is 2. The average Bonchev–Trinajstić information content (AvgIpc) is 3.26. The van der Waals surface area contributed by atoms with Gasteiger partial charge in [0.1, 0.15) is 16.8 Å². The maximum Gasteiger partial charge on any atom is 0.316 e. The third-order valence-corrected chi connectivity index (χ3v) is 5.67. The van der Waals surface area contributed by atoms with Crippen LogP contribution in [0, 0.1) is 11.3 Å². The largest absolute Gasteiger partial charge is 0.497 e. The summed E-state index contributed by atoms with van der Waals surface area (Å²) in [6, 6.07) is 15.6. The molecule has 0 fully saturated rings. The predicted octanol–water partition coefficient (Wildman–Crippen LogP) is 4.62. The fourth-order valence-corrected chi connectivity index (χ4v) is 3.99. The fourth-order valence-electron chi connectivity index (χ4n) is 2.47. The number of esters is 1. The van der Waals surface area contributed by atoms with Crippen LogP contribution in [-0.2, 0) is 9.53 Å². The summed E-state index contributed by atoms with van der Waals surface area (Å²) >= 11 is 2.77. The Hall–Kier alpha value is -2.82. The van der Waals surface area contributed by atoms with E-state index >= 15 is 0 Å². The first-order valence-electron chi connectivity index (χ1n) is 7.99. The summed E-state index contributed by atoms with van der Waals surface area (Å²) in [5.74, 6) is 0.469. The highest BCUT2D eigenvalue weighted by Crippen LogP contribution is 2.35. The molecule has 0 spiro atoms. The fraction of sp³-hybridized carbons (Fsp3) is 0.150. The van der Waals surface area contributed by atoms with Crippen LogP contribution < -0.4 is 4.74 Å². The lowest BCUT2D eigenvalue weighted by molar-refractivity contribution is -0.137. The van der Waals surface area contributed by atoms with E-state index in [2.05, 4.69) is 11.1 Å². The Labute approximate surface area is 165 Å². The Kier molecular flexibility index (Phi) is 6.12. The molecule has 0 saturated heterocycles. The number of hydrogen-bond acceptors (Lipinski definition) is 7. The molecule has 5 nitrogen and oxygen atoms in total. The molecule has 3 rings (SSSR count). The lowest BCUT2D eigenvalue weighted by atomic mass is 10.0. The molecule has 2 heterocycles. The number of thiophene rings is 1. The van der Waals surface area contributed by atoms with E-state index in [0.717, 1.165) is 27.4 Å². The lowest BCUT2D eigenvalue weighted by Crippen LogP contribution is -2.04. The molecule has 0 amide bonds. The number of rotatable bonds is 6. The normalized spacial score (nSPS) is 10.3. The Morgan fingerprint density at radius 3 is 2.63 bits per heavy atom. The molecule has 0 aliphatic heterocycles. The van der Waals surface area contributed by atoms with Crippen LogP contribution in [0.4, 0.5) is 0 Å². The first-order valence-corrected chi connectivity index (χ1v) is 9.86. The van der Waals surface area contributed by atoms with E-state index < -0.39 is 0 Å². The van der Waals surface area contributed by atoms with Crippen LogP contribution in [0.3, 0.4) is 0 Å². The van der Waals surface area contributed by atoms with Crippen molar-refractivity contribution in [2.75, 3.05) is 20.0 Å². The van der Waals surface area contributed by atoms with Crippen LogP contribution in [0.5, 0.6) is 5.75 Å². The van der Waals surface area contributed by atoms with Crippen molar-refractivity contribution in [3.8, 4) is 33.5 Å². The standard InChI is InChI=1S/C20H16N2O3S2/c1-24-14-7-5-13(6-8-14)15-10-17(18-4-3-9-26-18)22-20(16(15)11-21)27-12-19(23)25-2/h3-10H,12H2,1-2H3. The van der Waals surface area contributed by atoms with Gasteiger partial charge in [-0.05, 0) is 35.2 Å². The summed E-state index contributed by atoms with van der Waals surface area (Å²) in [5.41, 5.74) is 2.86. The molecular formula is C20H16N2O3S2. The number of hydrogen-bond donors (Lipinski definition) is 0. The van der Waals surface area contributed by atoms with Crippen LogP contribution >= 0.6 is 23.1 Å². The van der Waals surface area contributed by atoms with Crippen LogP contribution in [-0.4, -0.2) is 30.9 Å². The van der Waals surface area contributed by atoms with Crippen molar-refractivity contribution in [3.63, 3.8) is 0 Å². The van der Waals surface area contributed by atoms with Crippen LogP contribution in [0.25, 0.3) is 21.7 Å². The molecular weight excluding hydrogens is 380 g/mol. The van der Waals surface area contributed by atoms with E-state index in [9.17, 15) is 10.1 Å². The van der Waals surface area contributed by atoms with Gasteiger partial charge in [-0.25, -0.2) is 4.98 Å². The van der Waals surface area contributed by atoms with Gasteiger partial charge in [0.05, 0.1) is 36.1 Å². The summed E-state index contributed by atoms with van der Waals surface area (Å²) in [6.45, 7) is 0. The van der Waals surface area contributed by atoms with E-state index in [0.29, 0.717) is 10.6 Å². The molecule has 2 aromatic heterocycles. The van der Waals surface area contributed by atoms with Gasteiger partial charge in [-0.1, -0.05) is 30.0 Å². The van der Waals surface area contributed by atoms with Crippen molar-refractivity contribution in [1.82, 2.24) is 4.98 Å². The van der Waals surface area contributed by atoms with Crippen molar-refractivity contribution in [2.24, 2.45) is 0 Å². The van der Waals surface area contributed by atoms with Gasteiger partial charge in [0.25, 0.3) is 0 Å². The first kappa shape index (κ1) is 19.0. The maximum absolute atomic E-state index is 11.6. The van der Waals surface area contributed by atoms with Crippen LogP contribution in [0.2, 0.25) is 0 Å². The van der Waals surface area contributed by atoms with Crippen LogP contribution in [0.1, 0.15) is 5.56 Å². The second kappa shape index (κ2) is 8.71. The van der Waals surface area contributed by atoms with Crippen molar-refractivity contribution in [3.05, 3.63) is 53.4 Å². The van der Waals surface area contributed by atoms with Gasteiger partial charge in [-0.15, -0.1) is 11.3 Å². The highest BCUT2D eigenvalue weighted by atomic mass is 32.2. The molecule has 0 bridgehead atoms. The van der Waals surface area contributed by atoms with E-state index in [-0.39, 0.29) is 11.7 Å². The zero-order valence-electron chi connectivity index (χ0n) is 14.8. The highest BCUT2D eigenvalue weighted by molar-refractivity contribution is 7.99.